The van der Waals surface area contributed by atoms with E-state index in [9.17, 15) is 31.5 Å². The van der Waals surface area contributed by atoms with Gasteiger partial charge in [0.15, 0.2) is 5.65 Å². The molecule has 5 rings (SSSR count). The zero-order chi connectivity index (χ0) is 29.0. The van der Waals surface area contributed by atoms with Crippen LogP contribution in [0.1, 0.15) is 85.8 Å². The summed E-state index contributed by atoms with van der Waals surface area (Å²) in [6.07, 6.45) is 7.19. The zero-order valence-electron chi connectivity index (χ0n) is 22.0. The van der Waals surface area contributed by atoms with Crippen molar-refractivity contribution in [1.29, 1.82) is 0 Å². The summed E-state index contributed by atoms with van der Waals surface area (Å²) in [6, 6.07) is 4.84. The van der Waals surface area contributed by atoms with Crippen molar-refractivity contribution in [3.05, 3.63) is 59.8 Å². The van der Waals surface area contributed by atoms with Gasteiger partial charge in [0.2, 0.25) is 11.8 Å². The molecule has 0 saturated heterocycles. The third-order valence-electron chi connectivity index (χ3n) is 5.86. The predicted molar refractivity (Wildman–Crippen MR) is 137 cm³/mol. The highest BCUT2D eigenvalue weighted by atomic mass is 19.4. The van der Waals surface area contributed by atoms with Gasteiger partial charge in [-0.15, -0.1) is 0 Å². The molecule has 2 aliphatic carbocycles. The fourth-order valence-corrected chi connectivity index (χ4v) is 3.54. The van der Waals surface area contributed by atoms with Crippen LogP contribution < -0.4 is 10.6 Å². The summed E-state index contributed by atoms with van der Waals surface area (Å²) < 4.78 is 62.3. The Balaban J connectivity index is 0.000000331. The molecule has 218 valence electrons. The lowest BCUT2D eigenvalue weighted by molar-refractivity contribution is -0.144. The second-order valence-electron chi connectivity index (χ2n) is 9.69. The predicted octanol–water partition coefficient (Wildman–Crippen LogP) is 5.77. The van der Waals surface area contributed by atoms with Gasteiger partial charge in [0.25, 0.3) is 5.91 Å². The number of hydrogen-bond donors (Lipinski definition) is 2. The van der Waals surface area contributed by atoms with E-state index < -0.39 is 30.8 Å². The Kier molecular flexibility index (Phi) is 11.3. The third kappa shape index (κ3) is 12.0. The molecule has 2 aliphatic rings. The molecule has 3 aromatic rings. The van der Waals surface area contributed by atoms with Gasteiger partial charge in [0.1, 0.15) is 0 Å². The summed E-state index contributed by atoms with van der Waals surface area (Å²) in [5.41, 5.74) is 2.13. The van der Waals surface area contributed by atoms with Crippen LogP contribution in [0.3, 0.4) is 0 Å². The number of pyridine rings is 1. The maximum Gasteiger partial charge on any atom is 0.389 e. The molecular weight excluding hydrogens is 535 g/mol. The van der Waals surface area contributed by atoms with Crippen LogP contribution in [0.5, 0.6) is 0 Å². The number of fused-ring (bicyclic) bond motifs is 1. The smallest absolute Gasteiger partial charge is 0.352 e. The van der Waals surface area contributed by atoms with Crippen LogP contribution in [0, 0.1) is 0 Å². The van der Waals surface area contributed by atoms with E-state index in [2.05, 4.69) is 25.7 Å². The molecule has 0 atom stereocenters. The molecule has 0 radical (unpaired) electrons. The largest absolute Gasteiger partial charge is 0.389 e. The summed E-state index contributed by atoms with van der Waals surface area (Å²) >= 11 is 0. The molecule has 2 fully saturated rings. The Morgan fingerprint density at radius 3 is 2.17 bits per heavy atom. The third-order valence-corrected chi connectivity index (χ3v) is 5.86. The van der Waals surface area contributed by atoms with Crippen molar-refractivity contribution in [2.75, 3.05) is 0 Å². The van der Waals surface area contributed by atoms with Crippen molar-refractivity contribution in [3.8, 4) is 0 Å². The van der Waals surface area contributed by atoms with Gasteiger partial charge in [-0.05, 0) is 36.6 Å². The van der Waals surface area contributed by atoms with Crippen LogP contribution in [-0.2, 0) is 17.9 Å². The van der Waals surface area contributed by atoms with Crippen LogP contribution in [0.2, 0.25) is 0 Å². The topological polar surface area (TPSA) is 101 Å². The molecule has 0 aliphatic heterocycles. The Hall–Kier alpha value is -3.64. The van der Waals surface area contributed by atoms with Gasteiger partial charge in [-0.25, -0.2) is 18.3 Å². The van der Waals surface area contributed by atoms with Gasteiger partial charge in [-0.1, -0.05) is 25.7 Å². The first kappa shape index (κ1) is 30.9. The summed E-state index contributed by atoms with van der Waals surface area (Å²) in [6.45, 7) is 0.231. The number of carbonyl (C=O) groups is 2. The molecule has 0 unspecified atom stereocenters. The summed E-state index contributed by atoms with van der Waals surface area (Å²) in [5.74, 6) is -3.28. The van der Waals surface area contributed by atoms with Crippen LogP contribution in [0.4, 0.5) is 22.0 Å². The molecular formula is C27H33F5N6O2. The van der Waals surface area contributed by atoms with Crippen molar-refractivity contribution in [1.82, 2.24) is 30.2 Å². The lowest BCUT2D eigenvalue weighted by Crippen LogP contribution is -2.24. The molecule has 0 spiro atoms. The highest BCUT2D eigenvalue weighted by Gasteiger charge is 2.30. The van der Waals surface area contributed by atoms with E-state index in [1.165, 1.54) is 42.4 Å². The van der Waals surface area contributed by atoms with Crippen molar-refractivity contribution in [3.63, 3.8) is 0 Å². The van der Waals surface area contributed by atoms with E-state index in [1.54, 1.807) is 24.4 Å². The maximum absolute atomic E-state index is 12.2. The first-order valence-corrected chi connectivity index (χ1v) is 13.2. The molecule has 40 heavy (non-hydrogen) atoms. The van der Waals surface area contributed by atoms with E-state index >= 15 is 0 Å². The summed E-state index contributed by atoms with van der Waals surface area (Å²) in [4.78, 5) is 31.7. The lowest BCUT2D eigenvalue weighted by atomic mass is 9.97. The minimum absolute atomic E-state index is 0.0428. The first-order chi connectivity index (χ1) is 19.0. The molecule has 2 amide bonds. The van der Waals surface area contributed by atoms with Crippen molar-refractivity contribution in [2.45, 2.75) is 89.4 Å². The van der Waals surface area contributed by atoms with Crippen molar-refractivity contribution >= 4 is 17.5 Å². The van der Waals surface area contributed by atoms with Gasteiger partial charge >= 0.3 is 6.18 Å². The zero-order valence-corrected chi connectivity index (χ0v) is 22.0. The number of halogens is 5. The average molecular weight is 569 g/mol. The Morgan fingerprint density at radius 2 is 1.60 bits per heavy atom. The number of hydrogen-bond acceptors (Lipinski definition) is 5. The highest BCUT2D eigenvalue weighted by Crippen LogP contribution is 2.32. The number of imidazole rings is 1. The number of nitrogens with zero attached hydrogens (tertiary/aromatic N) is 4. The molecule has 2 saturated carbocycles. The van der Waals surface area contributed by atoms with Crippen LogP contribution in [0.15, 0.2) is 43.0 Å². The minimum atomic E-state index is -4.36. The quantitative estimate of drug-likeness (QED) is 0.353. The van der Waals surface area contributed by atoms with Gasteiger partial charge < -0.3 is 10.6 Å². The van der Waals surface area contributed by atoms with E-state index in [0.29, 0.717) is 35.3 Å². The standard InChI is InChI=1S/C18H17F3N6O2.C6H10F2.C3H6/c19-18(20,21)4-1-16(28)23-8-12-7-15-26-14(11-27(15)25-9-12)10-24-17(29)13-2-5-22-6-3-13;7-6(8)4-2-1-3-5-6;1-2-3-1/h2-3,5-7,9,11H,1,4,8,10H2,(H,23,28)(H,24,29);1-5H2;1-3H2. The number of alkyl halides is 5. The second-order valence-corrected chi connectivity index (χ2v) is 9.69. The number of aromatic nitrogens is 4. The first-order valence-electron chi connectivity index (χ1n) is 13.2. The molecule has 8 nitrogen and oxygen atoms in total. The molecule has 2 N–H and O–H groups in total. The Labute approximate surface area is 228 Å². The van der Waals surface area contributed by atoms with Crippen LogP contribution in [0.25, 0.3) is 5.65 Å². The van der Waals surface area contributed by atoms with Crippen molar-refractivity contribution in [2.24, 2.45) is 0 Å². The summed E-state index contributed by atoms with van der Waals surface area (Å²) in [5, 5.41) is 9.31. The maximum atomic E-state index is 12.2. The van der Waals surface area contributed by atoms with Crippen molar-refractivity contribution < 1.29 is 31.5 Å². The highest BCUT2D eigenvalue weighted by molar-refractivity contribution is 5.93. The number of rotatable bonds is 7. The van der Waals surface area contributed by atoms with Gasteiger partial charge in [0, 0.05) is 43.8 Å². The van der Waals surface area contributed by atoms with Crippen LogP contribution in [-0.4, -0.2) is 43.5 Å². The fourth-order valence-electron chi connectivity index (χ4n) is 3.54. The molecule has 0 bridgehead atoms. The average Bonchev–Trinajstić information content (AvgIpc) is 3.75. The lowest BCUT2D eigenvalue weighted by Gasteiger charge is -2.20. The fraction of sp³-hybridized carbons (Fsp3) is 0.519. The molecule has 3 heterocycles. The number of nitrogens with one attached hydrogen (secondary N) is 2. The molecule has 3 aromatic heterocycles. The SMILES string of the molecule is C1CC1.FC1(F)CCCCC1.O=C(CCC(F)(F)F)NCc1cnn2cc(CNC(=O)c3ccncc3)nc2c1. The number of amides is 2. The monoisotopic (exact) mass is 568 g/mol. The molecule has 13 heteroatoms. The minimum Gasteiger partial charge on any atom is -0.352 e. The van der Waals surface area contributed by atoms with E-state index in [0.717, 1.165) is 6.42 Å². The van der Waals surface area contributed by atoms with E-state index in [-0.39, 0.29) is 31.8 Å². The van der Waals surface area contributed by atoms with Gasteiger partial charge in [0.05, 0.1) is 31.1 Å². The Bertz CT molecular complexity index is 1220. The number of carbonyl (C=O) groups excluding carboxylic acids is 2. The van der Waals surface area contributed by atoms with Crippen LogP contribution >= 0.6 is 0 Å². The van der Waals surface area contributed by atoms with E-state index in [4.69, 9.17) is 0 Å². The Morgan fingerprint density at radius 1 is 0.950 bits per heavy atom. The van der Waals surface area contributed by atoms with Gasteiger partial charge in [-0.2, -0.15) is 18.3 Å². The van der Waals surface area contributed by atoms with Gasteiger partial charge in [-0.3, -0.25) is 14.6 Å². The normalized spacial score (nSPS) is 15.6. The second kappa shape index (κ2) is 14.7. The summed E-state index contributed by atoms with van der Waals surface area (Å²) in [7, 11) is 0. The van der Waals surface area contributed by atoms with E-state index in [1.807, 2.05) is 0 Å². The molecule has 0 aromatic carbocycles.